The number of nitrogens with zero attached hydrogens (tertiary/aromatic N) is 3. The molecule has 1 unspecified atom stereocenters. The van der Waals surface area contributed by atoms with Gasteiger partial charge in [-0.25, -0.2) is 4.98 Å². The Morgan fingerprint density at radius 3 is 2.58 bits per heavy atom. The van der Waals surface area contributed by atoms with Gasteiger partial charge in [0.15, 0.2) is 0 Å². The van der Waals surface area contributed by atoms with Gasteiger partial charge < -0.3 is 5.32 Å². The second kappa shape index (κ2) is 7.04. The van der Waals surface area contributed by atoms with Gasteiger partial charge in [0.2, 0.25) is 0 Å². The highest BCUT2D eigenvalue weighted by atomic mass is 15.3. The SMILES string of the molecule is CCCNC(Cn1cncn1)c1ccc(CC)cc1. The Kier molecular flexibility index (Phi) is 5.10. The lowest BCUT2D eigenvalue weighted by Crippen LogP contribution is -2.26. The Morgan fingerprint density at radius 1 is 1.21 bits per heavy atom. The second-order valence-corrected chi connectivity index (χ2v) is 4.72. The number of aryl methyl sites for hydroxylation is 1. The van der Waals surface area contributed by atoms with Gasteiger partial charge in [0.05, 0.1) is 12.6 Å². The van der Waals surface area contributed by atoms with Crippen molar-refractivity contribution in [1.29, 1.82) is 0 Å². The fourth-order valence-electron chi connectivity index (χ4n) is 2.11. The summed E-state index contributed by atoms with van der Waals surface area (Å²) >= 11 is 0. The maximum absolute atomic E-state index is 4.19. The lowest BCUT2D eigenvalue weighted by Gasteiger charge is -2.19. The summed E-state index contributed by atoms with van der Waals surface area (Å²) < 4.78 is 1.88. The molecule has 1 aromatic heterocycles. The molecule has 0 aliphatic carbocycles. The summed E-state index contributed by atoms with van der Waals surface area (Å²) in [5.74, 6) is 0. The molecule has 4 nitrogen and oxygen atoms in total. The van der Waals surface area contributed by atoms with Gasteiger partial charge >= 0.3 is 0 Å². The van der Waals surface area contributed by atoms with Crippen LogP contribution in [0.15, 0.2) is 36.9 Å². The normalized spacial score (nSPS) is 12.5. The van der Waals surface area contributed by atoms with Crippen LogP contribution in [0.5, 0.6) is 0 Å². The van der Waals surface area contributed by atoms with E-state index in [1.807, 2.05) is 4.68 Å². The first-order valence-electron chi connectivity index (χ1n) is 6.98. The molecule has 1 heterocycles. The average molecular weight is 258 g/mol. The van der Waals surface area contributed by atoms with Crippen molar-refractivity contribution in [2.75, 3.05) is 6.54 Å². The van der Waals surface area contributed by atoms with E-state index in [4.69, 9.17) is 0 Å². The summed E-state index contributed by atoms with van der Waals surface area (Å²) in [6, 6.07) is 9.12. The van der Waals surface area contributed by atoms with Gasteiger partial charge in [0.1, 0.15) is 12.7 Å². The number of aromatic nitrogens is 3. The summed E-state index contributed by atoms with van der Waals surface area (Å²) in [6.07, 6.45) is 5.55. The first kappa shape index (κ1) is 13.7. The Balaban J connectivity index is 2.10. The number of hydrogen-bond donors (Lipinski definition) is 1. The molecule has 0 saturated carbocycles. The molecule has 2 aromatic rings. The molecule has 0 aliphatic rings. The number of rotatable bonds is 7. The van der Waals surface area contributed by atoms with Crippen molar-refractivity contribution in [3.8, 4) is 0 Å². The van der Waals surface area contributed by atoms with Gasteiger partial charge in [-0.3, -0.25) is 4.68 Å². The van der Waals surface area contributed by atoms with E-state index in [9.17, 15) is 0 Å². The fraction of sp³-hybridized carbons (Fsp3) is 0.467. The summed E-state index contributed by atoms with van der Waals surface area (Å²) in [7, 11) is 0. The molecule has 0 amide bonds. The molecule has 2 rings (SSSR count). The molecule has 0 bridgehead atoms. The largest absolute Gasteiger partial charge is 0.308 e. The Morgan fingerprint density at radius 2 is 2.00 bits per heavy atom. The zero-order valence-electron chi connectivity index (χ0n) is 11.7. The summed E-state index contributed by atoms with van der Waals surface area (Å²) in [5, 5.41) is 7.76. The molecule has 19 heavy (non-hydrogen) atoms. The molecule has 4 heteroatoms. The molecule has 1 atom stereocenters. The molecule has 0 spiro atoms. The highest BCUT2D eigenvalue weighted by Gasteiger charge is 2.11. The van der Waals surface area contributed by atoms with Crippen molar-refractivity contribution in [3.05, 3.63) is 48.0 Å². The maximum atomic E-state index is 4.19. The molecule has 0 fully saturated rings. The molecule has 102 valence electrons. The molecular formula is C15H22N4. The minimum absolute atomic E-state index is 0.285. The first-order valence-corrected chi connectivity index (χ1v) is 6.98. The van der Waals surface area contributed by atoms with Crippen LogP contribution in [0.3, 0.4) is 0 Å². The van der Waals surface area contributed by atoms with E-state index in [1.54, 1.807) is 12.7 Å². The Bertz CT molecular complexity index is 461. The van der Waals surface area contributed by atoms with E-state index in [0.29, 0.717) is 0 Å². The Labute approximate surface area is 114 Å². The van der Waals surface area contributed by atoms with Crippen LogP contribution in [0.25, 0.3) is 0 Å². The van der Waals surface area contributed by atoms with Gasteiger partial charge in [0.25, 0.3) is 0 Å². The molecule has 0 radical (unpaired) electrons. The van der Waals surface area contributed by atoms with Crippen LogP contribution in [-0.2, 0) is 13.0 Å². The quantitative estimate of drug-likeness (QED) is 0.830. The highest BCUT2D eigenvalue weighted by molar-refractivity contribution is 5.25. The third kappa shape index (κ3) is 3.89. The van der Waals surface area contributed by atoms with Crippen molar-refractivity contribution < 1.29 is 0 Å². The Hall–Kier alpha value is -1.68. The minimum atomic E-state index is 0.285. The third-order valence-electron chi connectivity index (χ3n) is 3.27. The van der Waals surface area contributed by atoms with Crippen LogP contribution in [0, 0.1) is 0 Å². The predicted octanol–water partition coefficient (Wildman–Crippen LogP) is 2.58. The highest BCUT2D eigenvalue weighted by Crippen LogP contribution is 2.16. The molecular weight excluding hydrogens is 236 g/mol. The van der Waals surface area contributed by atoms with E-state index in [-0.39, 0.29) is 6.04 Å². The summed E-state index contributed by atoms with van der Waals surface area (Å²) in [6.45, 7) is 6.18. The van der Waals surface area contributed by atoms with Crippen LogP contribution < -0.4 is 5.32 Å². The minimum Gasteiger partial charge on any atom is -0.308 e. The van der Waals surface area contributed by atoms with Crippen LogP contribution in [0.2, 0.25) is 0 Å². The summed E-state index contributed by atoms with van der Waals surface area (Å²) in [5.41, 5.74) is 2.68. The van der Waals surface area contributed by atoms with E-state index >= 15 is 0 Å². The number of nitrogens with one attached hydrogen (secondary N) is 1. The van der Waals surface area contributed by atoms with Crippen molar-refractivity contribution in [2.24, 2.45) is 0 Å². The molecule has 1 aromatic carbocycles. The zero-order chi connectivity index (χ0) is 13.5. The average Bonchev–Trinajstić information content (AvgIpc) is 2.96. The second-order valence-electron chi connectivity index (χ2n) is 4.72. The fourth-order valence-corrected chi connectivity index (χ4v) is 2.11. The number of hydrogen-bond acceptors (Lipinski definition) is 3. The monoisotopic (exact) mass is 258 g/mol. The maximum Gasteiger partial charge on any atom is 0.137 e. The molecule has 1 N–H and O–H groups in total. The molecule has 0 saturated heterocycles. The van der Waals surface area contributed by atoms with E-state index < -0.39 is 0 Å². The van der Waals surface area contributed by atoms with E-state index in [2.05, 4.69) is 53.5 Å². The zero-order valence-corrected chi connectivity index (χ0v) is 11.7. The molecule has 0 aliphatic heterocycles. The van der Waals surface area contributed by atoms with Crippen LogP contribution in [0.4, 0.5) is 0 Å². The smallest absolute Gasteiger partial charge is 0.137 e. The van der Waals surface area contributed by atoms with E-state index in [0.717, 1.165) is 25.9 Å². The van der Waals surface area contributed by atoms with Gasteiger partial charge in [-0.1, -0.05) is 38.1 Å². The van der Waals surface area contributed by atoms with Gasteiger partial charge in [-0.15, -0.1) is 0 Å². The predicted molar refractivity (Wildman–Crippen MR) is 76.9 cm³/mol. The van der Waals surface area contributed by atoms with E-state index in [1.165, 1.54) is 11.1 Å². The van der Waals surface area contributed by atoms with Crippen LogP contribution in [-0.4, -0.2) is 21.3 Å². The van der Waals surface area contributed by atoms with Gasteiger partial charge in [-0.2, -0.15) is 5.10 Å². The lowest BCUT2D eigenvalue weighted by atomic mass is 10.0. The van der Waals surface area contributed by atoms with Crippen molar-refractivity contribution >= 4 is 0 Å². The van der Waals surface area contributed by atoms with Gasteiger partial charge in [0, 0.05) is 0 Å². The summed E-state index contributed by atoms with van der Waals surface area (Å²) in [4.78, 5) is 4.00. The van der Waals surface area contributed by atoms with Crippen LogP contribution in [0.1, 0.15) is 37.4 Å². The topological polar surface area (TPSA) is 42.7 Å². The van der Waals surface area contributed by atoms with Crippen molar-refractivity contribution in [2.45, 2.75) is 39.3 Å². The third-order valence-corrected chi connectivity index (χ3v) is 3.27. The first-order chi connectivity index (χ1) is 9.33. The van der Waals surface area contributed by atoms with Crippen molar-refractivity contribution in [1.82, 2.24) is 20.1 Å². The standard InChI is InChI=1S/C15H22N4/c1-3-9-17-15(10-19-12-16-11-18-19)14-7-5-13(4-2)6-8-14/h5-8,11-12,15,17H,3-4,9-10H2,1-2H3. The van der Waals surface area contributed by atoms with Crippen molar-refractivity contribution in [3.63, 3.8) is 0 Å². The lowest BCUT2D eigenvalue weighted by molar-refractivity contribution is 0.438. The van der Waals surface area contributed by atoms with Gasteiger partial charge in [-0.05, 0) is 30.5 Å². The van der Waals surface area contributed by atoms with Crippen LogP contribution >= 0.6 is 0 Å². The number of benzene rings is 1.